The van der Waals surface area contributed by atoms with Crippen molar-refractivity contribution >= 4 is 33.7 Å². The standard InChI is InChI=1S/C13H9BrN4O4/c14-11-5-10(18(21)22)4-9(12(11)19)7-16-17-13(20)8-2-1-3-15-6-8/h1-7,19H,(H,17,20)/p-1/b16-7-. The van der Waals surface area contributed by atoms with Gasteiger partial charge in [0.25, 0.3) is 11.6 Å². The van der Waals surface area contributed by atoms with E-state index in [2.05, 4.69) is 31.4 Å². The molecule has 0 fully saturated rings. The molecule has 22 heavy (non-hydrogen) atoms. The summed E-state index contributed by atoms with van der Waals surface area (Å²) in [6.45, 7) is 0. The van der Waals surface area contributed by atoms with Crippen LogP contribution in [0.1, 0.15) is 15.9 Å². The Hall–Kier alpha value is -2.81. The Kier molecular flexibility index (Phi) is 4.79. The zero-order valence-corrected chi connectivity index (χ0v) is 12.5. The molecule has 8 nitrogen and oxygen atoms in total. The normalized spacial score (nSPS) is 10.6. The lowest BCUT2D eigenvalue weighted by atomic mass is 10.2. The van der Waals surface area contributed by atoms with Gasteiger partial charge in [0.15, 0.2) is 0 Å². The Morgan fingerprint density at radius 1 is 1.45 bits per heavy atom. The van der Waals surface area contributed by atoms with Gasteiger partial charge in [-0.2, -0.15) is 5.10 Å². The number of nitrogens with zero attached hydrogens (tertiary/aromatic N) is 3. The minimum absolute atomic E-state index is 0.0208. The molecule has 1 amide bonds. The Balaban J connectivity index is 2.17. The highest BCUT2D eigenvalue weighted by molar-refractivity contribution is 9.10. The molecule has 0 unspecified atom stereocenters. The summed E-state index contributed by atoms with van der Waals surface area (Å²) in [7, 11) is 0. The highest BCUT2D eigenvalue weighted by Gasteiger charge is 2.09. The fraction of sp³-hybridized carbons (Fsp3) is 0. The Morgan fingerprint density at radius 2 is 2.23 bits per heavy atom. The lowest BCUT2D eigenvalue weighted by Crippen LogP contribution is -2.17. The van der Waals surface area contributed by atoms with Crippen LogP contribution in [0.3, 0.4) is 0 Å². The first-order valence-corrected chi connectivity index (χ1v) is 6.66. The SMILES string of the molecule is O=C(N/N=C\c1cc([N+](=O)[O-])cc(Br)c1[O-])c1cccnc1. The molecule has 0 saturated carbocycles. The van der Waals surface area contributed by atoms with Crippen molar-refractivity contribution in [1.82, 2.24) is 10.4 Å². The number of amides is 1. The number of rotatable bonds is 4. The summed E-state index contributed by atoms with van der Waals surface area (Å²) < 4.78 is 0.0433. The molecular weight excluding hydrogens is 356 g/mol. The molecule has 1 heterocycles. The molecule has 1 N–H and O–H groups in total. The molecule has 0 atom stereocenters. The van der Waals surface area contributed by atoms with Crippen LogP contribution in [0.5, 0.6) is 5.75 Å². The van der Waals surface area contributed by atoms with Crippen LogP contribution < -0.4 is 10.5 Å². The average Bonchev–Trinajstić information content (AvgIpc) is 2.51. The van der Waals surface area contributed by atoms with Gasteiger partial charge < -0.3 is 5.11 Å². The van der Waals surface area contributed by atoms with Gasteiger partial charge in [-0.3, -0.25) is 19.9 Å². The average molecular weight is 364 g/mol. The number of hydrazone groups is 1. The molecule has 2 rings (SSSR count). The van der Waals surface area contributed by atoms with Gasteiger partial charge in [-0.25, -0.2) is 5.43 Å². The maximum Gasteiger partial charge on any atom is 0.272 e. The first-order chi connectivity index (χ1) is 10.5. The summed E-state index contributed by atoms with van der Waals surface area (Å²) in [4.78, 5) is 25.6. The van der Waals surface area contributed by atoms with Crippen LogP contribution >= 0.6 is 15.9 Å². The minimum Gasteiger partial charge on any atom is -0.871 e. The van der Waals surface area contributed by atoms with Crippen molar-refractivity contribution < 1.29 is 14.8 Å². The van der Waals surface area contributed by atoms with E-state index in [0.29, 0.717) is 5.56 Å². The second-order valence-corrected chi connectivity index (χ2v) is 4.90. The molecule has 1 aromatic carbocycles. The van der Waals surface area contributed by atoms with Crippen molar-refractivity contribution in [3.8, 4) is 5.75 Å². The summed E-state index contributed by atoms with van der Waals surface area (Å²) >= 11 is 2.95. The molecule has 2 aromatic rings. The van der Waals surface area contributed by atoms with Gasteiger partial charge in [0.1, 0.15) is 0 Å². The third kappa shape index (κ3) is 3.64. The number of nitrogens with one attached hydrogen (secondary N) is 1. The van der Waals surface area contributed by atoms with Crippen LogP contribution in [-0.2, 0) is 0 Å². The van der Waals surface area contributed by atoms with Gasteiger partial charge in [-0.05, 0) is 17.7 Å². The molecular formula is C13H8BrN4O4-. The van der Waals surface area contributed by atoms with E-state index >= 15 is 0 Å². The highest BCUT2D eigenvalue weighted by Crippen LogP contribution is 2.29. The van der Waals surface area contributed by atoms with Gasteiger partial charge in [-0.1, -0.05) is 21.7 Å². The summed E-state index contributed by atoms with van der Waals surface area (Å²) in [6, 6.07) is 5.31. The quantitative estimate of drug-likeness (QED) is 0.502. The van der Waals surface area contributed by atoms with Gasteiger partial charge in [0, 0.05) is 29.0 Å². The lowest BCUT2D eigenvalue weighted by molar-refractivity contribution is -0.385. The van der Waals surface area contributed by atoms with E-state index in [-0.39, 0.29) is 15.7 Å². The Bertz CT molecular complexity index is 749. The number of carbonyl (C=O) groups is 1. The van der Waals surface area contributed by atoms with E-state index in [4.69, 9.17) is 0 Å². The number of hydrogen-bond acceptors (Lipinski definition) is 6. The van der Waals surface area contributed by atoms with Crippen molar-refractivity contribution in [3.63, 3.8) is 0 Å². The number of benzene rings is 1. The van der Waals surface area contributed by atoms with E-state index in [9.17, 15) is 20.0 Å². The number of non-ortho nitro benzene ring substituents is 1. The van der Waals surface area contributed by atoms with Crippen molar-refractivity contribution in [2.45, 2.75) is 0 Å². The van der Waals surface area contributed by atoms with Crippen molar-refractivity contribution in [1.29, 1.82) is 0 Å². The molecule has 0 radical (unpaired) electrons. The number of carbonyl (C=O) groups excluding carboxylic acids is 1. The molecule has 0 bridgehead atoms. The largest absolute Gasteiger partial charge is 0.871 e. The van der Waals surface area contributed by atoms with E-state index in [1.54, 1.807) is 12.1 Å². The molecule has 0 aliphatic rings. The second kappa shape index (κ2) is 6.76. The molecule has 0 aliphatic carbocycles. The number of nitro benzene ring substituents is 1. The fourth-order valence-electron chi connectivity index (χ4n) is 1.52. The third-order valence-electron chi connectivity index (χ3n) is 2.56. The van der Waals surface area contributed by atoms with Crippen LogP contribution in [-0.4, -0.2) is 22.0 Å². The minimum atomic E-state index is -0.629. The number of nitro groups is 1. The third-order valence-corrected chi connectivity index (χ3v) is 3.15. The Labute approximate surface area is 132 Å². The zero-order chi connectivity index (χ0) is 16.1. The van der Waals surface area contributed by atoms with Gasteiger partial charge in [0.2, 0.25) is 0 Å². The second-order valence-electron chi connectivity index (χ2n) is 4.04. The van der Waals surface area contributed by atoms with Crippen LogP contribution in [0, 0.1) is 10.1 Å². The molecule has 9 heteroatoms. The monoisotopic (exact) mass is 363 g/mol. The van der Waals surface area contributed by atoms with Crippen LogP contribution in [0.2, 0.25) is 0 Å². The van der Waals surface area contributed by atoms with Crippen LogP contribution in [0.4, 0.5) is 5.69 Å². The molecule has 0 spiro atoms. The van der Waals surface area contributed by atoms with Crippen LogP contribution in [0.25, 0.3) is 0 Å². The van der Waals surface area contributed by atoms with E-state index in [0.717, 1.165) is 18.3 Å². The van der Waals surface area contributed by atoms with Gasteiger partial charge in [-0.15, -0.1) is 0 Å². The highest BCUT2D eigenvalue weighted by atomic mass is 79.9. The van der Waals surface area contributed by atoms with Crippen LogP contribution in [0.15, 0.2) is 46.2 Å². The van der Waals surface area contributed by atoms with E-state index in [1.165, 1.54) is 12.4 Å². The van der Waals surface area contributed by atoms with Crippen molar-refractivity contribution in [2.24, 2.45) is 5.10 Å². The van der Waals surface area contributed by atoms with Crippen molar-refractivity contribution in [3.05, 3.63) is 62.4 Å². The topological polar surface area (TPSA) is 121 Å². The molecule has 0 saturated heterocycles. The zero-order valence-electron chi connectivity index (χ0n) is 10.9. The maximum absolute atomic E-state index is 11.8. The van der Waals surface area contributed by atoms with Gasteiger partial charge in [0.05, 0.1) is 16.7 Å². The van der Waals surface area contributed by atoms with Crippen molar-refractivity contribution in [2.75, 3.05) is 0 Å². The summed E-state index contributed by atoms with van der Waals surface area (Å²) in [5.41, 5.74) is 2.22. The molecule has 1 aromatic heterocycles. The van der Waals surface area contributed by atoms with Gasteiger partial charge >= 0.3 is 0 Å². The predicted octanol–water partition coefficient (Wildman–Crippen LogP) is 1.59. The maximum atomic E-state index is 11.8. The number of hydrogen-bond donors (Lipinski definition) is 1. The molecule has 0 aliphatic heterocycles. The molecule has 112 valence electrons. The summed E-state index contributed by atoms with van der Waals surface area (Å²) in [6.07, 6.45) is 3.92. The number of pyridine rings is 1. The van der Waals surface area contributed by atoms with E-state index < -0.39 is 16.6 Å². The lowest BCUT2D eigenvalue weighted by Gasteiger charge is -2.12. The smallest absolute Gasteiger partial charge is 0.272 e. The number of aromatic nitrogens is 1. The number of halogens is 1. The first-order valence-electron chi connectivity index (χ1n) is 5.87. The predicted molar refractivity (Wildman–Crippen MR) is 79.5 cm³/mol. The fourth-order valence-corrected chi connectivity index (χ4v) is 1.99. The first kappa shape index (κ1) is 15.6. The summed E-state index contributed by atoms with van der Waals surface area (Å²) in [5.74, 6) is -0.980. The van der Waals surface area contributed by atoms with E-state index in [1.807, 2.05) is 0 Å². The Morgan fingerprint density at radius 3 is 2.86 bits per heavy atom. The summed E-state index contributed by atoms with van der Waals surface area (Å²) in [5, 5.41) is 26.2.